The molecule has 0 spiro atoms. The van der Waals surface area contributed by atoms with Crippen molar-refractivity contribution in [3.05, 3.63) is 29.6 Å². The van der Waals surface area contributed by atoms with Crippen LogP contribution in [0.1, 0.15) is 18.9 Å². The van der Waals surface area contributed by atoms with Crippen LogP contribution in [0.5, 0.6) is 0 Å². The molecule has 1 fully saturated rings. The largest absolute Gasteiger partial charge is 0.377 e. The number of benzene rings is 1. The summed E-state index contributed by atoms with van der Waals surface area (Å²) in [6, 6.07) is 5.25. The zero-order valence-electron chi connectivity index (χ0n) is 10.9. The Morgan fingerprint density at radius 1 is 1.50 bits per heavy atom. The number of halogens is 1. The molecular formula is C14H21FN2O. The molecule has 100 valence electrons. The molecule has 0 aliphatic carbocycles. The standard InChI is InChI=1S/C14H21FN2O/c1-11-10-17(8-3-9-18-11)14-5-2-4-13(15)12(14)6-7-16/h2,4-5,11H,3,6-10,16H2,1H3. The molecule has 1 atom stereocenters. The third-order valence-corrected chi connectivity index (χ3v) is 3.28. The molecule has 4 heteroatoms. The van der Waals surface area contributed by atoms with Gasteiger partial charge in [-0.25, -0.2) is 4.39 Å². The van der Waals surface area contributed by atoms with Gasteiger partial charge in [-0.05, 0) is 38.4 Å². The van der Waals surface area contributed by atoms with Gasteiger partial charge in [0.2, 0.25) is 0 Å². The lowest BCUT2D eigenvalue weighted by molar-refractivity contribution is 0.0821. The highest BCUT2D eigenvalue weighted by atomic mass is 19.1. The zero-order chi connectivity index (χ0) is 13.0. The number of nitrogens with zero attached hydrogens (tertiary/aromatic N) is 1. The van der Waals surface area contributed by atoms with Crippen LogP contribution in [0.2, 0.25) is 0 Å². The second kappa shape index (κ2) is 6.16. The fourth-order valence-electron chi connectivity index (χ4n) is 2.45. The molecule has 1 heterocycles. The van der Waals surface area contributed by atoms with Gasteiger partial charge in [0.15, 0.2) is 0 Å². The van der Waals surface area contributed by atoms with Crippen molar-refractivity contribution in [1.29, 1.82) is 0 Å². The van der Waals surface area contributed by atoms with Crippen molar-refractivity contribution >= 4 is 5.69 Å². The van der Waals surface area contributed by atoms with Gasteiger partial charge in [0, 0.05) is 30.9 Å². The van der Waals surface area contributed by atoms with Crippen LogP contribution in [0.15, 0.2) is 18.2 Å². The van der Waals surface area contributed by atoms with E-state index in [2.05, 4.69) is 11.8 Å². The van der Waals surface area contributed by atoms with Crippen LogP contribution in [0.4, 0.5) is 10.1 Å². The van der Waals surface area contributed by atoms with Crippen molar-refractivity contribution in [3.8, 4) is 0 Å². The fraction of sp³-hybridized carbons (Fsp3) is 0.571. The predicted molar refractivity (Wildman–Crippen MR) is 71.4 cm³/mol. The van der Waals surface area contributed by atoms with Crippen LogP contribution in [-0.2, 0) is 11.2 Å². The molecular weight excluding hydrogens is 231 g/mol. The molecule has 2 rings (SSSR count). The Kier molecular flexibility index (Phi) is 4.55. The maximum absolute atomic E-state index is 13.9. The maximum atomic E-state index is 13.9. The number of rotatable bonds is 3. The lowest BCUT2D eigenvalue weighted by Crippen LogP contribution is -2.31. The summed E-state index contributed by atoms with van der Waals surface area (Å²) in [7, 11) is 0. The molecule has 18 heavy (non-hydrogen) atoms. The van der Waals surface area contributed by atoms with Crippen molar-refractivity contribution in [2.45, 2.75) is 25.9 Å². The first-order valence-corrected chi connectivity index (χ1v) is 6.56. The molecule has 1 aliphatic heterocycles. The van der Waals surface area contributed by atoms with E-state index >= 15 is 0 Å². The molecule has 0 saturated carbocycles. The van der Waals surface area contributed by atoms with Crippen molar-refractivity contribution < 1.29 is 9.13 Å². The van der Waals surface area contributed by atoms with Gasteiger partial charge in [0.1, 0.15) is 5.82 Å². The van der Waals surface area contributed by atoms with Crippen molar-refractivity contribution in [1.82, 2.24) is 0 Å². The van der Waals surface area contributed by atoms with Crippen molar-refractivity contribution in [2.75, 3.05) is 31.1 Å². The molecule has 1 aliphatic rings. The summed E-state index contributed by atoms with van der Waals surface area (Å²) in [5.74, 6) is -0.157. The normalized spacial score (nSPS) is 20.8. The van der Waals surface area contributed by atoms with E-state index in [-0.39, 0.29) is 11.9 Å². The average molecular weight is 252 g/mol. The summed E-state index contributed by atoms with van der Waals surface area (Å²) in [5, 5.41) is 0. The summed E-state index contributed by atoms with van der Waals surface area (Å²) >= 11 is 0. The second-order valence-corrected chi connectivity index (χ2v) is 4.76. The summed E-state index contributed by atoms with van der Waals surface area (Å²) in [6.45, 7) is 5.01. The van der Waals surface area contributed by atoms with E-state index < -0.39 is 0 Å². The minimum atomic E-state index is -0.157. The second-order valence-electron chi connectivity index (χ2n) is 4.76. The Balaban J connectivity index is 2.27. The van der Waals surface area contributed by atoms with E-state index in [0.29, 0.717) is 13.0 Å². The minimum absolute atomic E-state index is 0.157. The molecule has 2 N–H and O–H groups in total. The van der Waals surface area contributed by atoms with Crippen LogP contribution in [0.25, 0.3) is 0 Å². The van der Waals surface area contributed by atoms with Crippen LogP contribution < -0.4 is 10.6 Å². The van der Waals surface area contributed by atoms with E-state index in [0.717, 1.165) is 37.4 Å². The van der Waals surface area contributed by atoms with Gasteiger partial charge in [-0.2, -0.15) is 0 Å². The van der Waals surface area contributed by atoms with E-state index in [1.54, 1.807) is 6.07 Å². The third kappa shape index (κ3) is 3.00. The molecule has 3 nitrogen and oxygen atoms in total. The number of nitrogens with two attached hydrogens (primary N) is 1. The quantitative estimate of drug-likeness (QED) is 0.893. The van der Waals surface area contributed by atoms with Crippen LogP contribution in [0, 0.1) is 5.82 Å². The smallest absolute Gasteiger partial charge is 0.128 e. The van der Waals surface area contributed by atoms with E-state index in [9.17, 15) is 4.39 Å². The monoisotopic (exact) mass is 252 g/mol. The predicted octanol–water partition coefficient (Wildman–Crippen LogP) is 1.94. The van der Waals surface area contributed by atoms with Crippen LogP contribution in [0.3, 0.4) is 0 Å². The summed E-state index contributed by atoms with van der Waals surface area (Å²) in [5.41, 5.74) is 7.28. The number of hydrogen-bond donors (Lipinski definition) is 1. The Morgan fingerprint density at radius 2 is 2.33 bits per heavy atom. The van der Waals surface area contributed by atoms with Crippen LogP contribution >= 0.6 is 0 Å². The maximum Gasteiger partial charge on any atom is 0.128 e. The lowest BCUT2D eigenvalue weighted by atomic mass is 10.1. The van der Waals surface area contributed by atoms with Gasteiger partial charge >= 0.3 is 0 Å². The average Bonchev–Trinajstić information content (AvgIpc) is 2.57. The summed E-state index contributed by atoms with van der Waals surface area (Å²) in [6.07, 6.45) is 1.73. The highest BCUT2D eigenvalue weighted by molar-refractivity contribution is 5.54. The molecule has 1 aromatic rings. The Morgan fingerprint density at radius 3 is 3.11 bits per heavy atom. The van der Waals surface area contributed by atoms with E-state index in [4.69, 9.17) is 10.5 Å². The van der Waals surface area contributed by atoms with Gasteiger partial charge in [-0.15, -0.1) is 0 Å². The number of anilines is 1. The molecule has 0 aromatic heterocycles. The Labute approximate surface area is 108 Å². The first-order chi connectivity index (χ1) is 8.72. The van der Waals surface area contributed by atoms with Gasteiger partial charge < -0.3 is 15.4 Å². The number of ether oxygens (including phenoxy) is 1. The van der Waals surface area contributed by atoms with Crippen molar-refractivity contribution in [2.24, 2.45) is 5.73 Å². The van der Waals surface area contributed by atoms with Gasteiger partial charge in [-0.3, -0.25) is 0 Å². The van der Waals surface area contributed by atoms with Gasteiger partial charge in [-0.1, -0.05) is 6.07 Å². The van der Waals surface area contributed by atoms with Crippen molar-refractivity contribution in [3.63, 3.8) is 0 Å². The first-order valence-electron chi connectivity index (χ1n) is 6.56. The Bertz CT molecular complexity index is 397. The minimum Gasteiger partial charge on any atom is -0.377 e. The summed E-state index contributed by atoms with van der Waals surface area (Å²) < 4.78 is 19.5. The number of hydrogen-bond acceptors (Lipinski definition) is 3. The SMILES string of the molecule is CC1CN(c2cccc(F)c2CCN)CCCO1. The highest BCUT2D eigenvalue weighted by Gasteiger charge is 2.19. The molecule has 0 bridgehead atoms. The molecule has 0 amide bonds. The third-order valence-electron chi connectivity index (χ3n) is 3.28. The molecule has 1 saturated heterocycles. The zero-order valence-corrected chi connectivity index (χ0v) is 10.9. The van der Waals surface area contributed by atoms with Crippen LogP contribution in [-0.4, -0.2) is 32.3 Å². The Hall–Kier alpha value is -1.13. The first kappa shape index (κ1) is 13.3. The molecule has 1 aromatic carbocycles. The lowest BCUT2D eigenvalue weighted by Gasteiger charge is -2.27. The van der Waals surface area contributed by atoms with E-state index in [1.807, 2.05) is 6.07 Å². The molecule has 1 unspecified atom stereocenters. The molecule has 0 radical (unpaired) electrons. The fourth-order valence-corrected chi connectivity index (χ4v) is 2.45. The van der Waals surface area contributed by atoms with E-state index in [1.165, 1.54) is 6.07 Å². The topological polar surface area (TPSA) is 38.5 Å². The van der Waals surface area contributed by atoms with Gasteiger partial charge in [0.25, 0.3) is 0 Å². The van der Waals surface area contributed by atoms with Gasteiger partial charge in [0.05, 0.1) is 6.10 Å². The summed E-state index contributed by atoms with van der Waals surface area (Å²) in [4.78, 5) is 2.21. The highest BCUT2D eigenvalue weighted by Crippen LogP contribution is 2.25.